The number of esters is 1. The SMILES string of the molecule is C[C@H](N)C(=O)N1C[C@@H](CCB(O)O)C[C@@](N)(C(=O)OCc2ccccc2)C1. The topological polar surface area (TPSA) is 139 Å². The monoisotopic (exact) mass is 377 g/mol. The van der Waals surface area contributed by atoms with Crippen LogP contribution in [-0.2, 0) is 20.9 Å². The third-order valence-corrected chi connectivity index (χ3v) is 4.76. The predicted molar refractivity (Wildman–Crippen MR) is 101 cm³/mol. The fourth-order valence-electron chi connectivity index (χ4n) is 3.41. The van der Waals surface area contributed by atoms with Crippen LogP contribution in [0.5, 0.6) is 0 Å². The van der Waals surface area contributed by atoms with Gasteiger partial charge in [0.1, 0.15) is 12.1 Å². The second-order valence-electron chi connectivity index (χ2n) is 7.35. The number of nitrogens with zero attached hydrogens (tertiary/aromatic N) is 1. The van der Waals surface area contributed by atoms with Crippen molar-refractivity contribution in [1.29, 1.82) is 0 Å². The van der Waals surface area contributed by atoms with Gasteiger partial charge in [-0.05, 0) is 31.1 Å². The fraction of sp³-hybridized carbons (Fsp3) is 0.556. The van der Waals surface area contributed by atoms with E-state index in [2.05, 4.69) is 0 Å². The molecule has 1 saturated heterocycles. The summed E-state index contributed by atoms with van der Waals surface area (Å²) in [6, 6.07) is 8.54. The number of rotatable bonds is 7. The summed E-state index contributed by atoms with van der Waals surface area (Å²) in [5, 5.41) is 18.3. The molecule has 1 heterocycles. The van der Waals surface area contributed by atoms with Gasteiger partial charge in [0.2, 0.25) is 5.91 Å². The second kappa shape index (κ2) is 9.32. The molecule has 1 aliphatic heterocycles. The average Bonchev–Trinajstić information content (AvgIpc) is 2.64. The number of hydrogen-bond acceptors (Lipinski definition) is 7. The predicted octanol–water partition coefficient (Wildman–Crippen LogP) is -0.514. The normalized spacial score (nSPS) is 23.6. The summed E-state index contributed by atoms with van der Waals surface area (Å²) in [6.45, 7) is 2.08. The molecule has 1 amide bonds. The Balaban J connectivity index is 2.09. The van der Waals surface area contributed by atoms with Gasteiger partial charge >= 0.3 is 13.1 Å². The molecular weight excluding hydrogens is 349 g/mol. The van der Waals surface area contributed by atoms with Crippen LogP contribution < -0.4 is 11.5 Å². The first-order valence-electron chi connectivity index (χ1n) is 9.12. The van der Waals surface area contributed by atoms with Crippen molar-refractivity contribution >= 4 is 19.0 Å². The zero-order chi connectivity index (χ0) is 20.0. The second-order valence-corrected chi connectivity index (χ2v) is 7.35. The Morgan fingerprint density at radius 1 is 1.37 bits per heavy atom. The summed E-state index contributed by atoms with van der Waals surface area (Å²) >= 11 is 0. The molecule has 0 unspecified atom stereocenters. The Kier molecular flexibility index (Phi) is 7.37. The van der Waals surface area contributed by atoms with Crippen molar-refractivity contribution in [2.75, 3.05) is 13.1 Å². The van der Waals surface area contributed by atoms with Gasteiger partial charge in [0, 0.05) is 13.1 Å². The largest absolute Gasteiger partial charge is 0.459 e. The lowest BCUT2D eigenvalue weighted by Crippen LogP contribution is -2.64. The molecule has 1 aromatic rings. The van der Waals surface area contributed by atoms with E-state index < -0.39 is 24.7 Å². The summed E-state index contributed by atoms with van der Waals surface area (Å²) in [5.41, 5.74) is 11.5. The lowest BCUT2D eigenvalue weighted by atomic mass is 9.75. The molecule has 1 aliphatic rings. The third kappa shape index (κ3) is 6.03. The molecule has 9 heteroatoms. The van der Waals surface area contributed by atoms with Crippen LogP contribution in [-0.4, -0.2) is 58.6 Å². The molecule has 0 aromatic heterocycles. The number of carbonyl (C=O) groups is 2. The van der Waals surface area contributed by atoms with E-state index in [9.17, 15) is 9.59 Å². The van der Waals surface area contributed by atoms with Gasteiger partial charge in [-0.25, -0.2) is 4.79 Å². The number of nitrogens with two attached hydrogens (primary N) is 2. The lowest BCUT2D eigenvalue weighted by Gasteiger charge is -2.43. The Morgan fingerprint density at radius 3 is 2.63 bits per heavy atom. The van der Waals surface area contributed by atoms with Crippen molar-refractivity contribution in [2.45, 2.75) is 44.3 Å². The Labute approximate surface area is 159 Å². The van der Waals surface area contributed by atoms with Crippen LogP contribution >= 0.6 is 0 Å². The van der Waals surface area contributed by atoms with Crippen LogP contribution in [0.4, 0.5) is 0 Å². The van der Waals surface area contributed by atoms with Gasteiger partial charge in [0.25, 0.3) is 0 Å². The van der Waals surface area contributed by atoms with Gasteiger partial charge < -0.3 is 31.2 Å². The van der Waals surface area contributed by atoms with E-state index in [0.717, 1.165) is 5.56 Å². The quantitative estimate of drug-likeness (QED) is 0.371. The molecule has 3 atom stereocenters. The summed E-state index contributed by atoms with van der Waals surface area (Å²) in [4.78, 5) is 26.5. The molecule has 0 spiro atoms. The first-order valence-corrected chi connectivity index (χ1v) is 9.12. The highest BCUT2D eigenvalue weighted by atomic mass is 16.5. The Hall–Kier alpha value is -1.94. The van der Waals surface area contributed by atoms with Crippen molar-refractivity contribution in [2.24, 2.45) is 17.4 Å². The van der Waals surface area contributed by atoms with Crippen LogP contribution in [0.3, 0.4) is 0 Å². The molecule has 0 aliphatic carbocycles. The Morgan fingerprint density at radius 2 is 2.04 bits per heavy atom. The smallest absolute Gasteiger partial charge is 0.451 e. The number of piperidine rings is 1. The van der Waals surface area contributed by atoms with Gasteiger partial charge in [-0.2, -0.15) is 0 Å². The van der Waals surface area contributed by atoms with Crippen molar-refractivity contribution in [3.05, 3.63) is 35.9 Å². The van der Waals surface area contributed by atoms with Crippen molar-refractivity contribution in [3.8, 4) is 0 Å². The molecule has 8 nitrogen and oxygen atoms in total. The highest BCUT2D eigenvalue weighted by Gasteiger charge is 2.45. The van der Waals surface area contributed by atoms with E-state index >= 15 is 0 Å². The molecule has 0 bridgehead atoms. The molecule has 0 radical (unpaired) electrons. The summed E-state index contributed by atoms with van der Waals surface area (Å²) in [6.07, 6.45) is 0.863. The average molecular weight is 377 g/mol. The van der Waals surface area contributed by atoms with E-state index in [1.54, 1.807) is 6.92 Å². The van der Waals surface area contributed by atoms with E-state index in [4.69, 9.17) is 26.3 Å². The summed E-state index contributed by atoms with van der Waals surface area (Å²) in [7, 11) is -1.44. The van der Waals surface area contributed by atoms with Gasteiger partial charge in [0.15, 0.2) is 0 Å². The molecule has 1 fully saturated rings. The summed E-state index contributed by atoms with van der Waals surface area (Å²) < 4.78 is 5.40. The first kappa shape index (κ1) is 21.4. The zero-order valence-corrected chi connectivity index (χ0v) is 15.6. The minimum atomic E-state index is -1.44. The number of carbonyl (C=O) groups excluding carboxylic acids is 2. The highest BCUT2D eigenvalue weighted by molar-refractivity contribution is 6.40. The van der Waals surface area contributed by atoms with Crippen LogP contribution in [0.2, 0.25) is 6.32 Å². The number of hydrogen-bond donors (Lipinski definition) is 4. The number of benzene rings is 1. The number of likely N-dealkylation sites (tertiary alicyclic amines) is 1. The zero-order valence-electron chi connectivity index (χ0n) is 15.6. The van der Waals surface area contributed by atoms with Crippen LogP contribution in [0, 0.1) is 5.92 Å². The molecule has 27 heavy (non-hydrogen) atoms. The standard InChI is InChI=1S/C18H28BN3O5/c1-13(20)16(23)22-10-15(7-8-19(25)26)9-18(21,12-22)17(24)27-11-14-5-3-2-4-6-14/h2-6,13,15,25-26H,7-12,20-21H2,1H3/t13-,15-,18-/m0/s1. The van der Waals surface area contributed by atoms with Crippen molar-refractivity contribution < 1.29 is 24.4 Å². The van der Waals surface area contributed by atoms with Crippen LogP contribution in [0.25, 0.3) is 0 Å². The van der Waals surface area contributed by atoms with Gasteiger partial charge in [-0.1, -0.05) is 36.8 Å². The maximum atomic E-state index is 12.7. The van der Waals surface area contributed by atoms with E-state index in [-0.39, 0.29) is 31.3 Å². The number of ether oxygens (including phenoxy) is 1. The fourth-order valence-corrected chi connectivity index (χ4v) is 3.41. The summed E-state index contributed by atoms with van der Waals surface area (Å²) in [5.74, 6) is -1.03. The molecular formula is C18H28BN3O5. The van der Waals surface area contributed by atoms with E-state index in [0.29, 0.717) is 19.4 Å². The third-order valence-electron chi connectivity index (χ3n) is 4.76. The van der Waals surface area contributed by atoms with E-state index in [1.807, 2.05) is 30.3 Å². The van der Waals surface area contributed by atoms with Crippen molar-refractivity contribution in [1.82, 2.24) is 4.90 Å². The molecule has 1 aromatic carbocycles. The molecule has 6 N–H and O–H groups in total. The maximum Gasteiger partial charge on any atom is 0.451 e. The van der Waals surface area contributed by atoms with Crippen molar-refractivity contribution in [3.63, 3.8) is 0 Å². The molecule has 2 rings (SSSR count). The van der Waals surface area contributed by atoms with Gasteiger partial charge in [0.05, 0.1) is 6.04 Å². The Bertz CT molecular complexity index is 643. The minimum Gasteiger partial charge on any atom is -0.459 e. The lowest BCUT2D eigenvalue weighted by molar-refractivity contribution is -0.156. The first-order chi connectivity index (χ1) is 12.7. The molecule has 148 valence electrons. The van der Waals surface area contributed by atoms with Crippen LogP contribution in [0.1, 0.15) is 25.3 Å². The van der Waals surface area contributed by atoms with Crippen LogP contribution in [0.15, 0.2) is 30.3 Å². The number of amides is 1. The minimum absolute atomic E-state index is 0.0270. The van der Waals surface area contributed by atoms with Gasteiger partial charge in [-0.15, -0.1) is 0 Å². The molecule has 0 saturated carbocycles. The van der Waals surface area contributed by atoms with Gasteiger partial charge in [-0.3, -0.25) is 4.79 Å². The highest BCUT2D eigenvalue weighted by Crippen LogP contribution is 2.29. The maximum absolute atomic E-state index is 12.7. The van der Waals surface area contributed by atoms with E-state index in [1.165, 1.54) is 4.90 Å².